The fourth-order valence-electron chi connectivity index (χ4n) is 1.82. The predicted molar refractivity (Wildman–Crippen MR) is 66.0 cm³/mol. The van der Waals surface area contributed by atoms with Gasteiger partial charge >= 0.3 is 6.01 Å². The molecule has 1 aliphatic heterocycles. The number of hydrogen-bond acceptors (Lipinski definition) is 6. The fraction of sp³-hybridized carbons (Fsp3) is 0.667. The van der Waals surface area contributed by atoms with Gasteiger partial charge in [0.25, 0.3) is 0 Å². The standard InChI is InChI=1S/C12H19N3O3/c1-8-4-11(16-3)15-12(14-8)17-7-10-6-13-5-9(2)18-10/h4,9-10,13H,5-7H2,1-3H3. The van der Waals surface area contributed by atoms with Crippen molar-refractivity contribution in [3.63, 3.8) is 0 Å². The average Bonchev–Trinajstić information content (AvgIpc) is 2.36. The van der Waals surface area contributed by atoms with Crippen molar-refractivity contribution in [1.29, 1.82) is 0 Å². The number of aromatic nitrogens is 2. The van der Waals surface area contributed by atoms with E-state index in [1.54, 1.807) is 13.2 Å². The minimum absolute atomic E-state index is 0.0313. The molecule has 1 fully saturated rings. The van der Waals surface area contributed by atoms with Gasteiger partial charge < -0.3 is 19.5 Å². The van der Waals surface area contributed by atoms with Crippen molar-refractivity contribution in [3.8, 4) is 11.9 Å². The minimum Gasteiger partial charge on any atom is -0.481 e. The molecule has 0 aliphatic carbocycles. The van der Waals surface area contributed by atoms with E-state index in [-0.39, 0.29) is 12.2 Å². The van der Waals surface area contributed by atoms with E-state index < -0.39 is 0 Å². The lowest BCUT2D eigenvalue weighted by atomic mass is 10.2. The third-order valence-electron chi connectivity index (χ3n) is 2.65. The zero-order valence-electron chi connectivity index (χ0n) is 11.0. The van der Waals surface area contributed by atoms with Gasteiger partial charge in [0.05, 0.1) is 13.2 Å². The molecule has 1 N–H and O–H groups in total. The molecule has 0 saturated carbocycles. The molecule has 1 saturated heterocycles. The quantitative estimate of drug-likeness (QED) is 0.845. The van der Waals surface area contributed by atoms with Gasteiger partial charge in [0.15, 0.2) is 0 Å². The lowest BCUT2D eigenvalue weighted by molar-refractivity contribution is -0.0484. The van der Waals surface area contributed by atoms with E-state index >= 15 is 0 Å². The summed E-state index contributed by atoms with van der Waals surface area (Å²) < 4.78 is 16.3. The highest BCUT2D eigenvalue weighted by molar-refractivity contribution is 5.17. The zero-order valence-corrected chi connectivity index (χ0v) is 11.0. The first-order valence-corrected chi connectivity index (χ1v) is 6.06. The molecule has 6 heteroatoms. The number of nitrogens with one attached hydrogen (secondary N) is 1. The molecular formula is C12H19N3O3. The Morgan fingerprint density at radius 3 is 3.00 bits per heavy atom. The van der Waals surface area contributed by atoms with E-state index in [1.807, 2.05) is 13.8 Å². The molecule has 1 aromatic heterocycles. The van der Waals surface area contributed by atoms with Crippen LogP contribution in [-0.4, -0.2) is 49.0 Å². The fourth-order valence-corrected chi connectivity index (χ4v) is 1.82. The van der Waals surface area contributed by atoms with Gasteiger partial charge in [-0.3, -0.25) is 0 Å². The largest absolute Gasteiger partial charge is 0.481 e. The molecule has 0 radical (unpaired) electrons. The number of methoxy groups -OCH3 is 1. The van der Waals surface area contributed by atoms with Crippen molar-refractivity contribution in [2.24, 2.45) is 0 Å². The maximum atomic E-state index is 5.72. The van der Waals surface area contributed by atoms with Gasteiger partial charge in [0, 0.05) is 24.8 Å². The van der Waals surface area contributed by atoms with Crippen LogP contribution in [0.15, 0.2) is 6.07 Å². The molecule has 0 spiro atoms. The maximum Gasteiger partial charge on any atom is 0.320 e. The molecule has 1 aromatic rings. The molecule has 2 unspecified atom stereocenters. The number of nitrogens with zero attached hydrogens (tertiary/aromatic N) is 2. The highest BCUT2D eigenvalue weighted by atomic mass is 16.5. The highest BCUT2D eigenvalue weighted by Crippen LogP contribution is 2.13. The molecule has 2 atom stereocenters. The normalized spacial score (nSPS) is 23.7. The summed E-state index contributed by atoms with van der Waals surface area (Å²) in [6.07, 6.45) is 0.240. The molecule has 0 bridgehead atoms. The van der Waals surface area contributed by atoms with Crippen molar-refractivity contribution < 1.29 is 14.2 Å². The Morgan fingerprint density at radius 2 is 2.28 bits per heavy atom. The average molecular weight is 253 g/mol. The van der Waals surface area contributed by atoms with Crippen LogP contribution in [0.2, 0.25) is 0 Å². The second kappa shape index (κ2) is 5.97. The first kappa shape index (κ1) is 13.0. The van der Waals surface area contributed by atoms with Gasteiger partial charge in [-0.05, 0) is 13.8 Å². The Bertz CT molecular complexity index is 400. The van der Waals surface area contributed by atoms with Crippen molar-refractivity contribution in [1.82, 2.24) is 15.3 Å². The smallest absolute Gasteiger partial charge is 0.320 e. The Balaban J connectivity index is 1.91. The van der Waals surface area contributed by atoms with Crippen LogP contribution in [0.25, 0.3) is 0 Å². The van der Waals surface area contributed by atoms with Crippen LogP contribution < -0.4 is 14.8 Å². The van der Waals surface area contributed by atoms with Gasteiger partial charge in [-0.15, -0.1) is 0 Å². The van der Waals surface area contributed by atoms with Gasteiger partial charge in [-0.2, -0.15) is 4.98 Å². The van der Waals surface area contributed by atoms with Crippen molar-refractivity contribution in [2.45, 2.75) is 26.1 Å². The molecule has 100 valence electrons. The molecular weight excluding hydrogens is 234 g/mol. The second-order valence-corrected chi connectivity index (χ2v) is 4.37. The van der Waals surface area contributed by atoms with E-state index in [2.05, 4.69) is 15.3 Å². The van der Waals surface area contributed by atoms with Crippen molar-refractivity contribution in [2.75, 3.05) is 26.8 Å². The Kier molecular flexibility index (Phi) is 4.33. The highest BCUT2D eigenvalue weighted by Gasteiger charge is 2.19. The lowest BCUT2D eigenvalue weighted by Gasteiger charge is -2.28. The van der Waals surface area contributed by atoms with Crippen LogP contribution in [0.3, 0.4) is 0 Å². The molecule has 1 aliphatic rings. The summed E-state index contributed by atoms with van der Waals surface area (Å²) in [6, 6.07) is 2.09. The third-order valence-corrected chi connectivity index (χ3v) is 2.65. The van der Waals surface area contributed by atoms with Crippen LogP contribution in [0.1, 0.15) is 12.6 Å². The van der Waals surface area contributed by atoms with Crippen LogP contribution in [-0.2, 0) is 4.74 Å². The van der Waals surface area contributed by atoms with Gasteiger partial charge in [-0.1, -0.05) is 0 Å². The number of rotatable bonds is 4. The molecule has 18 heavy (non-hydrogen) atoms. The first-order valence-electron chi connectivity index (χ1n) is 6.06. The summed E-state index contributed by atoms with van der Waals surface area (Å²) in [5.74, 6) is 0.508. The molecule has 0 aromatic carbocycles. The van der Waals surface area contributed by atoms with Gasteiger partial charge in [0.1, 0.15) is 12.7 Å². The van der Waals surface area contributed by atoms with Gasteiger partial charge in [-0.25, -0.2) is 4.98 Å². The van der Waals surface area contributed by atoms with E-state index in [4.69, 9.17) is 14.2 Å². The molecule has 6 nitrogen and oxygen atoms in total. The summed E-state index contributed by atoms with van der Waals surface area (Å²) in [7, 11) is 1.57. The Labute approximate surface area is 107 Å². The van der Waals surface area contributed by atoms with E-state index in [0.717, 1.165) is 18.8 Å². The third kappa shape index (κ3) is 3.54. The van der Waals surface area contributed by atoms with Crippen LogP contribution >= 0.6 is 0 Å². The van der Waals surface area contributed by atoms with E-state index in [1.165, 1.54) is 0 Å². The monoisotopic (exact) mass is 253 g/mol. The summed E-state index contributed by atoms with van der Waals surface area (Å²) >= 11 is 0. The summed E-state index contributed by atoms with van der Waals surface area (Å²) in [5.41, 5.74) is 0.813. The van der Waals surface area contributed by atoms with Gasteiger partial charge in [0.2, 0.25) is 5.88 Å². The summed E-state index contributed by atoms with van der Waals surface area (Å²) in [6.45, 7) is 6.01. The Morgan fingerprint density at radius 1 is 1.44 bits per heavy atom. The van der Waals surface area contributed by atoms with Crippen LogP contribution in [0.5, 0.6) is 11.9 Å². The van der Waals surface area contributed by atoms with Crippen LogP contribution in [0.4, 0.5) is 0 Å². The molecule has 2 rings (SSSR count). The molecule has 2 heterocycles. The van der Waals surface area contributed by atoms with E-state index in [9.17, 15) is 0 Å². The van der Waals surface area contributed by atoms with E-state index in [0.29, 0.717) is 18.5 Å². The topological polar surface area (TPSA) is 65.5 Å². The SMILES string of the molecule is COc1cc(C)nc(OCC2CNCC(C)O2)n1. The van der Waals surface area contributed by atoms with Crippen LogP contribution in [0, 0.1) is 6.92 Å². The minimum atomic E-state index is 0.0313. The van der Waals surface area contributed by atoms with Crippen molar-refractivity contribution in [3.05, 3.63) is 11.8 Å². The number of aryl methyl sites for hydroxylation is 1. The molecule has 0 amide bonds. The number of morpholine rings is 1. The number of ether oxygens (including phenoxy) is 3. The second-order valence-electron chi connectivity index (χ2n) is 4.37. The maximum absolute atomic E-state index is 5.72. The first-order chi connectivity index (χ1) is 8.67. The lowest BCUT2D eigenvalue weighted by Crippen LogP contribution is -2.45. The summed E-state index contributed by atoms with van der Waals surface area (Å²) in [5, 5.41) is 3.28. The predicted octanol–water partition coefficient (Wildman–Crippen LogP) is 0.549. The van der Waals surface area contributed by atoms with Crippen molar-refractivity contribution >= 4 is 0 Å². The zero-order chi connectivity index (χ0) is 13.0. The Hall–Kier alpha value is -1.40. The summed E-state index contributed by atoms with van der Waals surface area (Å²) in [4.78, 5) is 8.32. The number of hydrogen-bond donors (Lipinski definition) is 1.